The number of nitrogens with two attached hydrogens (primary N) is 1. The second-order valence-electron chi connectivity index (χ2n) is 4.78. The summed E-state index contributed by atoms with van der Waals surface area (Å²) < 4.78 is 39.5. The number of hydrogen-bond acceptors (Lipinski definition) is 6. The van der Waals surface area contributed by atoms with Gasteiger partial charge in [-0.15, -0.1) is 0 Å². The Kier molecular flexibility index (Phi) is 4.39. The van der Waals surface area contributed by atoms with Crippen molar-refractivity contribution in [2.75, 3.05) is 19.2 Å². The van der Waals surface area contributed by atoms with Crippen LogP contribution in [0.5, 0.6) is 17.2 Å². The van der Waals surface area contributed by atoms with E-state index in [1.54, 1.807) is 26.0 Å². The average Bonchev–Trinajstić information content (AvgIpc) is 2.84. The molecule has 0 unspecified atom stereocenters. The molecule has 0 spiro atoms. The minimum absolute atomic E-state index is 0.0247. The topological polar surface area (TPSA) is 87.9 Å². The third kappa shape index (κ3) is 3.16. The van der Waals surface area contributed by atoms with Crippen molar-refractivity contribution in [3.05, 3.63) is 17.7 Å². The lowest BCUT2D eigenvalue weighted by Crippen LogP contribution is -2.22. The van der Waals surface area contributed by atoms with Crippen LogP contribution in [0.2, 0.25) is 0 Å². The Balaban J connectivity index is 2.06. The minimum Gasteiger partial charge on any atom is -0.492 e. The normalized spacial score (nSPS) is 13.8. The molecular formula is C13H19NO5S. The number of rotatable bonds is 6. The Hall–Kier alpha value is -1.47. The summed E-state index contributed by atoms with van der Waals surface area (Å²) in [4.78, 5) is 0. The Morgan fingerprint density at radius 2 is 1.95 bits per heavy atom. The zero-order chi connectivity index (χ0) is 14.8. The van der Waals surface area contributed by atoms with Crippen molar-refractivity contribution in [3.63, 3.8) is 0 Å². The van der Waals surface area contributed by atoms with Gasteiger partial charge in [-0.2, -0.15) is 0 Å². The van der Waals surface area contributed by atoms with E-state index in [-0.39, 0.29) is 25.7 Å². The number of ether oxygens (including phenoxy) is 3. The molecule has 0 saturated heterocycles. The molecule has 1 aliphatic rings. The number of sulfone groups is 1. The van der Waals surface area contributed by atoms with Gasteiger partial charge in [0.25, 0.3) is 0 Å². The van der Waals surface area contributed by atoms with Crippen molar-refractivity contribution in [2.45, 2.75) is 25.6 Å². The van der Waals surface area contributed by atoms with Crippen LogP contribution in [-0.4, -0.2) is 32.8 Å². The summed E-state index contributed by atoms with van der Waals surface area (Å²) >= 11 is 0. The smallest absolute Gasteiger partial charge is 0.231 e. The second-order valence-corrected chi connectivity index (χ2v) is 7.46. The summed E-state index contributed by atoms with van der Waals surface area (Å²) in [5.74, 6) is 1.73. The third-order valence-corrected chi connectivity index (χ3v) is 5.29. The van der Waals surface area contributed by atoms with Crippen LogP contribution in [0.25, 0.3) is 0 Å². The fourth-order valence-electron chi connectivity index (χ4n) is 1.76. The molecule has 0 saturated carbocycles. The van der Waals surface area contributed by atoms with Gasteiger partial charge in [0.05, 0.1) is 11.0 Å². The highest BCUT2D eigenvalue weighted by Gasteiger charge is 2.19. The van der Waals surface area contributed by atoms with Crippen LogP contribution < -0.4 is 19.9 Å². The van der Waals surface area contributed by atoms with Crippen LogP contribution >= 0.6 is 0 Å². The highest BCUT2D eigenvalue weighted by atomic mass is 32.2. The van der Waals surface area contributed by atoms with Gasteiger partial charge >= 0.3 is 0 Å². The van der Waals surface area contributed by atoms with Gasteiger partial charge in [0.1, 0.15) is 12.4 Å². The summed E-state index contributed by atoms with van der Waals surface area (Å²) in [6.45, 7) is 3.85. The van der Waals surface area contributed by atoms with Crippen LogP contribution in [0.4, 0.5) is 0 Å². The molecule has 0 radical (unpaired) electrons. The first-order valence-electron chi connectivity index (χ1n) is 6.41. The first-order valence-corrected chi connectivity index (χ1v) is 8.12. The summed E-state index contributed by atoms with van der Waals surface area (Å²) in [6, 6.07) is 3.45. The van der Waals surface area contributed by atoms with Crippen molar-refractivity contribution in [1.82, 2.24) is 0 Å². The predicted octanol–water partition coefficient (Wildman–Crippen LogP) is 1.08. The highest BCUT2D eigenvalue weighted by Crippen LogP contribution is 2.38. The van der Waals surface area contributed by atoms with E-state index in [1.165, 1.54) is 0 Å². The molecule has 0 aromatic heterocycles. The molecule has 0 bridgehead atoms. The monoisotopic (exact) mass is 301 g/mol. The van der Waals surface area contributed by atoms with E-state index in [9.17, 15) is 8.42 Å². The first kappa shape index (κ1) is 14.9. The first-order chi connectivity index (χ1) is 9.44. The standard InChI is InChI=1S/C13H19NO5S/c1-9(2)20(15,16)4-3-17-11-6-13-12(18-8-19-13)5-10(11)7-14/h5-6,9H,3-4,7-8,14H2,1-2H3. The van der Waals surface area contributed by atoms with E-state index in [2.05, 4.69) is 0 Å². The molecule has 0 aliphatic carbocycles. The summed E-state index contributed by atoms with van der Waals surface area (Å²) in [7, 11) is -3.11. The fraction of sp³-hybridized carbons (Fsp3) is 0.538. The van der Waals surface area contributed by atoms with Gasteiger partial charge < -0.3 is 19.9 Å². The highest BCUT2D eigenvalue weighted by molar-refractivity contribution is 7.91. The molecular weight excluding hydrogens is 282 g/mol. The van der Waals surface area contributed by atoms with Gasteiger partial charge in [0.15, 0.2) is 21.3 Å². The van der Waals surface area contributed by atoms with E-state index < -0.39 is 15.1 Å². The second kappa shape index (κ2) is 5.88. The van der Waals surface area contributed by atoms with Gasteiger partial charge in [-0.25, -0.2) is 8.42 Å². The molecule has 6 nitrogen and oxygen atoms in total. The quantitative estimate of drug-likeness (QED) is 0.846. The van der Waals surface area contributed by atoms with Gasteiger partial charge in [-0.3, -0.25) is 0 Å². The average molecular weight is 301 g/mol. The summed E-state index contributed by atoms with van der Waals surface area (Å²) in [5.41, 5.74) is 6.42. The van der Waals surface area contributed by atoms with E-state index >= 15 is 0 Å². The molecule has 1 aliphatic heterocycles. The molecule has 2 N–H and O–H groups in total. The lowest BCUT2D eigenvalue weighted by Gasteiger charge is -2.12. The van der Waals surface area contributed by atoms with Crippen LogP contribution in [0.15, 0.2) is 12.1 Å². The van der Waals surface area contributed by atoms with Crippen LogP contribution in [0.3, 0.4) is 0 Å². The molecule has 0 amide bonds. The zero-order valence-electron chi connectivity index (χ0n) is 11.6. The van der Waals surface area contributed by atoms with Gasteiger partial charge in [-0.1, -0.05) is 0 Å². The largest absolute Gasteiger partial charge is 0.492 e. The maximum Gasteiger partial charge on any atom is 0.231 e. The third-order valence-electron chi connectivity index (χ3n) is 3.12. The number of fused-ring (bicyclic) bond motifs is 1. The van der Waals surface area contributed by atoms with Crippen LogP contribution in [-0.2, 0) is 16.4 Å². The lowest BCUT2D eigenvalue weighted by molar-refractivity contribution is 0.173. The van der Waals surface area contributed by atoms with E-state index in [0.29, 0.717) is 17.2 Å². The van der Waals surface area contributed by atoms with E-state index in [0.717, 1.165) is 5.56 Å². The lowest BCUT2D eigenvalue weighted by atomic mass is 10.2. The molecule has 112 valence electrons. The molecule has 0 atom stereocenters. The van der Waals surface area contributed by atoms with Crippen molar-refractivity contribution in [2.24, 2.45) is 5.73 Å². The van der Waals surface area contributed by atoms with Gasteiger partial charge in [0.2, 0.25) is 6.79 Å². The van der Waals surface area contributed by atoms with Crippen LogP contribution in [0.1, 0.15) is 19.4 Å². The number of hydrogen-bond donors (Lipinski definition) is 1. The maximum atomic E-state index is 11.7. The molecule has 20 heavy (non-hydrogen) atoms. The van der Waals surface area contributed by atoms with Crippen molar-refractivity contribution < 1.29 is 22.6 Å². The molecule has 1 aromatic rings. The fourth-order valence-corrected chi connectivity index (χ4v) is 2.55. The summed E-state index contributed by atoms with van der Waals surface area (Å²) in [5, 5.41) is -0.406. The molecule has 7 heteroatoms. The molecule has 0 fully saturated rings. The van der Waals surface area contributed by atoms with E-state index in [1.807, 2.05) is 0 Å². The maximum absolute atomic E-state index is 11.7. The number of benzene rings is 1. The Bertz CT molecular complexity index is 583. The van der Waals surface area contributed by atoms with E-state index in [4.69, 9.17) is 19.9 Å². The molecule has 1 aromatic carbocycles. The Morgan fingerprint density at radius 1 is 1.30 bits per heavy atom. The minimum atomic E-state index is -3.11. The molecule has 1 heterocycles. The van der Waals surface area contributed by atoms with Gasteiger partial charge in [0, 0.05) is 18.2 Å². The SMILES string of the molecule is CC(C)S(=O)(=O)CCOc1cc2c(cc1CN)OCO2. The molecule has 2 rings (SSSR count). The van der Waals surface area contributed by atoms with Crippen LogP contribution in [0, 0.1) is 0 Å². The van der Waals surface area contributed by atoms with Crippen molar-refractivity contribution in [1.29, 1.82) is 0 Å². The van der Waals surface area contributed by atoms with Gasteiger partial charge in [-0.05, 0) is 19.9 Å². The zero-order valence-corrected chi connectivity index (χ0v) is 12.4. The van der Waals surface area contributed by atoms with Crippen molar-refractivity contribution >= 4 is 9.84 Å². The predicted molar refractivity (Wildman–Crippen MR) is 74.9 cm³/mol. The summed E-state index contributed by atoms with van der Waals surface area (Å²) in [6.07, 6.45) is 0. The van der Waals surface area contributed by atoms with Crippen molar-refractivity contribution in [3.8, 4) is 17.2 Å². The Morgan fingerprint density at radius 3 is 2.55 bits per heavy atom. The Labute approximate surface area is 118 Å².